The van der Waals surface area contributed by atoms with Gasteiger partial charge in [0.2, 0.25) is 5.91 Å². The molecule has 0 aliphatic carbocycles. The summed E-state index contributed by atoms with van der Waals surface area (Å²) in [5.74, 6) is 0.259. The van der Waals surface area contributed by atoms with Gasteiger partial charge in [-0.3, -0.25) is 14.2 Å². The molecule has 0 aliphatic heterocycles. The summed E-state index contributed by atoms with van der Waals surface area (Å²) in [6.07, 6.45) is 1.93. The van der Waals surface area contributed by atoms with Crippen LogP contribution in [0.15, 0.2) is 88.8 Å². The summed E-state index contributed by atoms with van der Waals surface area (Å²) in [6, 6.07) is 24.9. The average molecular weight is 497 g/mol. The molecule has 0 saturated heterocycles. The molecule has 36 heavy (non-hydrogen) atoms. The van der Waals surface area contributed by atoms with Gasteiger partial charge in [-0.1, -0.05) is 78.5 Å². The van der Waals surface area contributed by atoms with Crippen molar-refractivity contribution >= 4 is 28.4 Å². The Labute approximate surface area is 212 Å². The quantitative estimate of drug-likeness (QED) is 0.343. The summed E-state index contributed by atoms with van der Waals surface area (Å²) in [7, 11) is 0. The Balaban J connectivity index is 1.42. The van der Waals surface area contributed by atoms with Crippen molar-refractivity contribution in [1.82, 2.24) is 29.9 Å². The number of benzene rings is 3. The molecule has 0 fully saturated rings. The lowest BCUT2D eigenvalue weighted by atomic mass is 10.1. The first-order valence-corrected chi connectivity index (χ1v) is 12.7. The predicted octanol–water partition coefficient (Wildman–Crippen LogP) is 3.99. The Morgan fingerprint density at radius 2 is 1.61 bits per heavy atom. The van der Waals surface area contributed by atoms with Crippen LogP contribution in [0.4, 0.5) is 0 Å². The number of carbonyl (C=O) groups excluding carboxylic acids is 1. The lowest BCUT2D eigenvalue weighted by Crippen LogP contribution is -2.34. The summed E-state index contributed by atoms with van der Waals surface area (Å²) in [4.78, 5) is 26.1. The van der Waals surface area contributed by atoms with Gasteiger partial charge in [0.05, 0.1) is 23.3 Å². The van der Waals surface area contributed by atoms with Gasteiger partial charge >= 0.3 is 0 Å². The lowest BCUT2D eigenvalue weighted by Gasteiger charge is -2.13. The fourth-order valence-electron chi connectivity index (χ4n) is 4.12. The first-order chi connectivity index (χ1) is 17.6. The molecule has 1 amide bonds. The maximum Gasteiger partial charge on any atom is 0.275 e. The van der Waals surface area contributed by atoms with Crippen LogP contribution < -0.4 is 10.9 Å². The van der Waals surface area contributed by atoms with Gasteiger partial charge in [0.1, 0.15) is 6.54 Å². The van der Waals surface area contributed by atoms with Gasteiger partial charge in [0, 0.05) is 10.9 Å². The Bertz CT molecular complexity index is 1610. The van der Waals surface area contributed by atoms with E-state index in [0.717, 1.165) is 27.4 Å². The zero-order chi connectivity index (χ0) is 25.1. The molecule has 2 heterocycles. The molecule has 0 unspecified atom stereocenters. The molecule has 0 bridgehead atoms. The maximum absolute atomic E-state index is 13.1. The molecule has 3 aromatic carbocycles. The fourth-order valence-corrected chi connectivity index (χ4v) is 4.63. The van der Waals surface area contributed by atoms with Gasteiger partial charge in [0.25, 0.3) is 5.56 Å². The Morgan fingerprint density at radius 1 is 0.917 bits per heavy atom. The second-order valence-corrected chi connectivity index (χ2v) is 9.00. The van der Waals surface area contributed by atoms with Crippen molar-refractivity contribution in [2.75, 3.05) is 6.26 Å². The topological polar surface area (TPSA) is 94.7 Å². The second-order valence-electron chi connectivity index (χ2n) is 8.22. The number of hydrogen-bond acceptors (Lipinski definition) is 6. The fraction of sp³-hybridized carbons (Fsp3) is 0.148. The Kier molecular flexibility index (Phi) is 6.64. The summed E-state index contributed by atoms with van der Waals surface area (Å²) in [5.41, 5.74) is 3.24. The highest BCUT2D eigenvalue weighted by Crippen LogP contribution is 2.24. The lowest BCUT2D eigenvalue weighted by molar-refractivity contribution is -0.122. The van der Waals surface area contributed by atoms with Crippen LogP contribution in [0.2, 0.25) is 0 Å². The standard InChI is InChI=1S/C27H24N6O2S/c1-18-10-6-9-15-22(18)33-23(29-30-27(33)36-2)16-28-24(34)17-32-26(35)21-14-8-7-13-20(21)25(31-32)19-11-4-3-5-12-19/h3-15H,16-17H2,1-2H3,(H,28,34). The minimum atomic E-state index is -0.344. The molecule has 0 aliphatic rings. The first-order valence-electron chi connectivity index (χ1n) is 11.4. The van der Waals surface area contributed by atoms with E-state index >= 15 is 0 Å². The summed E-state index contributed by atoms with van der Waals surface area (Å²) in [6.45, 7) is 1.97. The predicted molar refractivity (Wildman–Crippen MR) is 141 cm³/mol. The number of para-hydroxylation sites is 1. The molecular formula is C27H24N6O2S. The number of fused-ring (bicyclic) bond motifs is 1. The molecule has 5 aromatic rings. The van der Waals surface area contributed by atoms with Crippen molar-refractivity contribution in [1.29, 1.82) is 0 Å². The third-order valence-electron chi connectivity index (χ3n) is 5.89. The highest BCUT2D eigenvalue weighted by molar-refractivity contribution is 7.98. The summed E-state index contributed by atoms with van der Waals surface area (Å²) >= 11 is 1.48. The van der Waals surface area contributed by atoms with Crippen molar-refractivity contribution in [3.63, 3.8) is 0 Å². The molecule has 9 heteroatoms. The van der Waals surface area contributed by atoms with Crippen molar-refractivity contribution < 1.29 is 4.79 Å². The Morgan fingerprint density at radius 3 is 2.36 bits per heavy atom. The number of hydrogen-bond donors (Lipinski definition) is 1. The van der Waals surface area contributed by atoms with Gasteiger partial charge in [0.15, 0.2) is 11.0 Å². The number of amides is 1. The monoisotopic (exact) mass is 496 g/mol. The zero-order valence-corrected chi connectivity index (χ0v) is 20.7. The SMILES string of the molecule is CSc1nnc(CNC(=O)Cn2nc(-c3ccccc3)c3ccccc3c2=O)n1-c1ccccc1C. The highest BCUT2D eigenvalue weighted by atomic mass is 32.2. The molecule has 0 saturated carbocycles. The van der Waals surface area contributed by atoms with Crippen LogP contribution in [-0.2, 0) is 17.9 Å². The van der Waals surface area contributed by atoms with Crippen LogP contribution in [0, 0.1) is 6.92 Å². The maximum atomic E-state index is 13.1. The van der Waals surface area contributed by atoms with Crippen molar-refractivity contribution in [3.8, 4) is 16.9 Å². The van der Waals surface area contributed by atoms with E-state index in [1.54, 1.807) is 6.07 Å². The van der Waals surface area contributed by atoms with Gasteiger partial charge in [-0.2, -0.15) is 5.10 Å². The van der Waals surface area contributed by atoms with E-state index in [1.807, 2.05) is 90.5 Å². The van der Waals surface area contributed by atoms with E-state index in [9.17, 15) is 9.59 Å². The van der Waals surface area contributed by atoms with E-state index in [-0.39, 0.29) is 24.6 Å². The van der Waals surface area contributed by atoms with Crippen LogP contribution in [0.5, 0.6) is 0 Å². The van der Waals surface area contributed by atoms with Crippen molar-refractivity contribution in [2.24, 2.45) is 0 Å². The van der Waals surface area contributed by atoms with Crippen molar-refractivity contribution in [2.45, 2.75) is 25.2 Å². The molecular weight excluding hydrogens is 472 g/mol. The van der Waals surface area contributed by atoms with Crippen LogP contribution in [0.25, 0.3) is 27.7 Å². The molecule has 5 rings (SSSR count). The number of aromatic nitrogens is 5. The van der Waals surface area contributed by atoms with Crippen LogP contribution in [0.3, 0.4) is 0 Å². The smallest absolute Gasteiger partial charge is 0.275 e. The number of nitrogens with one attached hydrogen (secondary N) is 1. The van der Waals surface area contributed by atoms with E-state index < -0.39 is 0 Å². The molecule has 0 radical (unpaired) electrons. The van der Waals surface area contributed by atoms with Gasteiger partial charge < -0.3 is 5.32 Å². The number of thioether (sulfide) groups is 1. The molecule has 1 N–H and O–H groups in total. The molecule has 180 valence electrons. The van der Waals surface area contributed by atoms with Gasteiger partial charge in [-0.15, -0.1) is 10.2 Å². The van der Waals surface area contributed by atoms with Crippen LogP contribution in [0.1, 0.15) is 11.4 Å². The summed E-state index contributed by atoms with van der Waals surface area (Å²) in [5, 5.41) is 18.0. The van der Waals surface area contributed by atoms with Crippen LogP contribution >= 0.6 is 11.8 Å². The number of aryl methyl sites for hydroxylation is 1. The third kappa shape index (κ3) is 4.52. The van der Waals surface area contributed by atoms with E-state index in [4.69, 9.17) is 0 Å². The van der Waals surface area contributed by atoms with Crippen LogP contribution in [-0.4, -0.2) is 36.7 Å². The second kappa shape index (κ2) is 10.2. The Hall–Kier alpha value is -4.24. The number of rotatable bonds is 7. The molecule has 2 aromatic heterocycles. The third-order valence-corrected chi connectivity index (χ3v) is 6.52. The minimum Gasteiger partial charge on any atom is -0.347 e. The van der Waals surface area contributed by atoms with Gasteiger partial charge in [-0.05, 0) is 30.9 Å². The minimum absolute atomic E-state index is 0.161. The van der Waals surface area contributed by atoms with E-state index in [0.29, 0.717) is 16.9 Å². The highest BCUT2D eigenvalue weighted by Gasteiger charge is 2.17. The van der Waals surface area contributed by atoms with Crippen molar-refractivity contribution in [3.05, 3.63) is 101 Å². The molecule has 0 atom stereocenters. The normalized spacial score (nSPS) is 11.1. The molecule has 8 nitrogen and oxygen atoms in total. The molecule has 0 spiro atoms. The van der Waals surface area contributed by atoms with E-state index in [2.05, 4.69) is 20.6 Å². The average Bonchev–Trinajstić information content (AvgIpc) is 3.32. The number of nitrogens with zero attached hydrogens (tertiary/aromatic N) is 5. The summed E-state index contributed by atoms with van der Waals surface area (Å²) < 4.78 is 3.16. The first kappa shape index (κ1) is 23.5. The van der Waals surface area contributed by atoms with E-state index in [1.165, 1.54) is 16.4 Å². The largest absolute Gasteiger partial charge is 0.347 e. The number of carbonyl (C=O) groups is 1. The zero-order valence-electron chi connectivity index (χ0n) is 19.9. The van der Waals surface area contributed by atoms with Gasteiger partial charge in [-0.25, -0.2) is 4.68 Å².